The lowest BCUT2D eigenvalue weighted by Gasteiger charge is -2.34. The van der Waals surface area contributed by atoms with Crippen LogP contribution in [0.3, 0.4) is 0 Å². The summed E-state index contributed by atoms with van der Waals surface area (Å²) in [5.74, 6) is 0.157. The number of aromatic amines is 1. The average Bonchev–Trinajstić information content (AvgIpc) is 3.28. The molecule has 5 rings (SSSR count). The van der Waals surface area contributed by atoms with Gasteiger partial charge in [0.1, 0.15) is 0 Å². The van der Waals surface area contributed by atoms with Crippen molar-refractivity contribution in [2.45, 2.75) is 57.2 Å². The first kappa shape index (κ1) is 17.5. The lowest BCUT2D eigenvalue weighted by atomic mass is 9.91. The minimum atomic E-state index is 0.157. The first-order valence-electron chi connectivity index (χ1n) is 10.3. The Kier molecular flexibility index (Phi) is 4.43. The molecule has 6 heteroatoms. The third-order valence-corrected chi connectivity index (χ3v) is 6.16. The molecule has 6 nitrogen and oxygen atoms in total. The summed E-state index contributed by atoms with van der Waals surface area (Å²) in [5.41, 5.74) is 4.34. The number of hydrogen-bond acceptors (Lipinski definition) is 3. The van der Waals surface area contributed by atoms with E-state index in [1.54, 1.807) is 0 Å². The standard InChI is InChI=1S/C22H26N4O2/c27-12-2-10-25-11-9-18-19(3-1-4-21(18)25)22(28)26(16-5-6-16)17-7-8-20-15(13-17)14-23-24-20/h1,3-4,9,11,14,16-17,27H,2,5-8,10,12-13H2,(H,23,24). The predicted octanol–water partition coefficient (Wildman–Crippen LogP) is 2.91. The van der Waals surface area contributed by atoms with Gasteiger partial charge in [0.2, 0.25) is 0 Å². The second-order valence-corrected chi connectivity index (χ2v) is 8.04. The van der Waals surface area contributed by atoms with Crippen LogP contribution in [0.5, 0.6) is 0 Å². The Bertz CT molecular complexity index is 1000. The maximum Gasteiger partial charge on any atom is 0.255 e. The number of aliphatic hydroxyl groups excluding tert-OH is 1. The molecule has 146 valence electrons. The van der Waals surface area contributed by atoms with Gasteiger partial charge < -0.3 is 14.6 Å². The molecule has 0 radical (unpaired) electrons. The van der Waals surface area contributed by atoms with Gasteiger partial charge in [0.05, 0.1) is 6.20 Å². The summed E-state index contributed by atoms with van der Waals surface area (Å²) < 4.78 is 2.13. The third-order valence-electron chi connectivity index (χ3n) is 6.16. The van der Waals surface area contributed by atoms with E-state index in [2.05, 4.69) is 25.7 Å². The first-order valence-corrected chi connectivity index (χ1v) is 10.3. The van der Waals surface area contributed by atoms with Gasteiger partial charge in [-0.1, -0.05) is 6.07 Å². The summed E-state index contributed by atoms with van der Waals surface area (Å²) in [4.78, 5) is 15.8. The highest BCUT2D eigenvalue weighted by atomic mass is 16.3. The quantitative estimate of drug-likeness (QED) is 0.693. The van der Waals surface area contributed by atoms with Crippen molar-refractivity contribution in [3.8, 4) is 0 Å². The monoisotopic (exact) mass is 378 g/mol. The van der Waals surface area contributed by atoms with Crippen molar-refractivity contribution in [3.05, 3.63) is 53.5 Å². The summed E-state index contributed by atoms with van der Waals surface area (Å²) in [6.45, 7) is 0.932. The zero-order valence-corrected chi connectivity index (χ0v) is 16.0. The van der Waals surface area contributed by atoms with Crippen molar-refractivity contribution in [1.82, 2.24) is 19.7 Å². The number of hydrogen-bond donors (Lipinski definition) is 2. The van der Waals surface area contributed by atoms with Crippen molar-refractivity contribution < 1.29 is 9.90 Å². The molecule has 2 aliphatic rings. The number of benzene rings is 1. The highest BCUT2D eigenvalue weighted by molar-refractivity contribution is 6.07. The van der Waals surface area contributed by atoms with Crippen LogP contribution in [-0.2, 0) is 19.4 Å². The number of aliphatic hydroxyl groups is 1. The summed E-state index contributed by atoms with van der Waals surface area (Å²) in [7, 11) is 0. The van der Waals surface area contributed by atoms with Gasteiger partial charge in [0.15, 0.2) is 0 Å². The van der Waals surface area contributed by atoms with E-state index in [1.165, 1.54) is 11.3 Å². The lowest BCUT2D eigenvalue weighted by Crippen LogP contribution is -2.44. The van der Waals surface area contributed by atoms with Crippen LogP contribution in [0.25, 0.3) is 10.9 Å². The molecule has 0 saturated heterocycles. The van der Waals surface area contributed by atoms with E-state index in [0.717, 1.165) is 55.1 Å². The summed E-state index contributed by atoms with van der Waals surface area (Å²) in [5, 5.41) is 17.4. The smallest absolute Gasteiger partial charge is 0.255 e. The molecule has 0 bridgehead atoms. The Morgan fingerprint density at radius 3 is 2.96 bits per heavy atom. The van der Waals surface area contributed by atoms with Gasteiger partial charge in [-0.25, -0.2) is 0 Å². The Morgan fingerprint density at radius 2 is 2.14 bits per heavy atom. The highest BCUT2D eigenvalue weighted by Crippen LogP contribution is 2.35. The number of nitrogens with one attached hydrogen (secondary N) is 1. The number of amides is 1. The van der Waals surface area contributed by atoms with Gasteiger partial charge in [0.25, 0.3) is 5.91 Å². The molecule has 2 N–H and O–H groups in total. The Balaban J connectivity index is 1.46. The van der Waals surface area contributed by atoms with Crippen LogP contribution in [0, 0.1) is 0 Å². The molecule has 1 fully saturated rings. The van der Waals surface area contributed by atoms with Gasteiger partial charge in [-0.3, -0.25) is 9.89 Å². The van der Waals surface area contributed by atoms with Gasteiger partial charge in [0, 0.05) is 53.6 Å². The van der Waals surface area contributed by atoms with Gasteiger partial charge in [-0.15, -0.1) is 0 Å². The summed E-state index contributed by atoms with van der Waals surface area (Å²) in [6.07, 6.45) is 9.70. The van der Waals surface area contributed by atoms with Crippen molar-refractivity contribution >= 4 is 16.8 Å². The molecule has 28 heavy (non-hydrogen) atoms. The molecule has 0 aliphatic heterocycles. The molecule has 3 aromatic rings. The number of H-pyrrole nitrogens is 1. The maximum absolute atomic E-state index is 13.7. The average molecular weight is 378 g/mol. The lowest BCUT2D eigenvalue weighted by molar-refractivity contribution is 0.0645. The second kappa shape index (κ2) is 7.09. The Labute approximate surface area is 164 Å². The Hall–Kier alpha value is -2.60. The van der Waals surface area contributed by atoms with E-state index >= 15 is 0 Å². The fraction of sp³-hybridized carbons (Fsp3) is 0.455. The minimum absolute atomic E-state index is 0.157. The summed E-state index contributed by atoms with van der Waals surface area (Å²) in [6, 6.07) is 8.66. The van der Waals surface area contributed by atoms with Gasteiger partial charge in [-0.2, -0.15) is 5.10 Å². The largest absolute Gasteiger partial charge is 0.396 e. The van der Waals surface area contributed by atoms with E-state index < -0.39 is 0 Å². The molecule has 1 amide bonds. The molecular weight excluding hydrogens is 352 g/mol. The highest BCUT2D eigenvalue weighted by Gasteiger charge is 2.39. The normalized spacial score (nSPS) is 19.0. The fourth-order valence-electron chi connectivity index (χ4n) is 4.60. The predicted molar refractivity (Wildman–Crippen MR) is 107 cm³/mol. The molecule has 1 saturated carbocycles. The third kappa shape index (κ3) is 3.02. The molecule has 2 heterocycles. The molecule has 1 aromatic carbocycles. The van der Waals surface area contributed by atoms with Crippen LogP contribution >= 0.6 is 0 Å². The van der Waals surface area contributed by atoms with Crippen LogP contribution in [0.1, 0.15) is 47.3 Å². The molecular formula is C22H26N4O2. The number of carbonyl (C=O) groups is 1. The number of fused-ring (bicyclic) bond motifs is 2. The molecule has 0 spiro atoms. The van der Waals surface area contributed by atoms with Gasteiger partial charge >= 0.3 is 0 Å². The van der Waals surface area contributed by atoms with Crippen LogP contribution in [0.4, 0.5) is 0 Å². The van der Waals surface area contributed by atoms with Crippen LogP contribution < -0.4 is 0 Å². The summed E-state index contributed by atoms with van der Waals surface area (Å²) >= 11 is 0. The van der Waals surface area contributed by atoms with E-state index in [9.17, 15) is 4.79 Å². The molecule has 1 unspecified atom stereocenters. The van der Waals surface area contributed by atoms with Crippen molar-refractivity contribution in [1.29, 1.82) is 0 Å². The zero-order valence-electron chi connectivity index (χ0n) is 16.0. The van der Waals surface area contributed by atoms with E-state index in [1.807, 2.05) is 30.6 Å². The van der Waals surface area contributed by atoms with Crippen molar-refractivity contribution in [2.75, 3.05) is 6.61 Å². The van der Waals surface area contributed by atoms with Crippen LogP contribution in [-0.4, -0.2) is 49.4 Å². The number of carbonyl (C=O) groups excluding carboxylic acids is 1. The maximum atomic E-state index is 13.7. The Morgan fingerprint density at radius 1 is 1.25 bits per heavy atom. The number of nitrogens with zero attached hydrogens (tertiary/aromatic N) is 3. The zero-order chi connectivity index (χ0) is 19.1. The van der Waals surface area contributed by atoms with Crippen LogP contribution in [0.15, 0.2) is 36.7 Å². The molecule has 2 aliphatic carbocycles. The number of aryl methyl sites for hydroxylation is 2. The number of aromatic nitrogens is 3. The van der Waals surface area contributed by atoms with E-state index in [4.69, 9.17) is 5.11 Å². The van der Waals surface area contributed by atoms with Crippen molar-refractivity contribution in [2.24, 2.45) is 0 Å². The van der Waals surface area contributed by atoms with Gasteiger partial charge in [-0.05, 0) is 62.3 Å². The SMILES string of the molecule is O=C(c1cccc2c1ccn2CCCO)N(C1CC1)C1CCc2[nH]ncc2C1. The first-order chi connectivity index (χ1) is 13.8. The van der Waals surface area contributed by atoms with E-state index in [-0.39, 0.29) is 18.6 Å². The molecule has 2 aromatic heterocycles. The fourth-order valence-corrected chi connectivity index (χ4v) is 4.60. The minimum Gasteiger partial charge on any atom is -0.396 e. The van der Waals surface area contributed by atoms with Crippen molar-refractivity contribution in [3.63, 3.8) is 0 Å². The van der Waals surface area contributed by atoms with Crippen LogP contribution in [0.2, 0.25) is 0 Å². The number of rotatable bonds is 6. The second-order valence-electron chi connectivity index (χ2n) is 8.04. The topological polar surface area (TPSA) is 74.2 Å². The van der Waals surface area contributed by atoms with E-state index in [0.29, 0.717) is 12.5 Å². The molecule has 1 atom stereocenters.